The van der Waals surface area contributed by atoms with Gasteiger partial charge in [-0.25, -0.2) is 14.8 Å². The minimum Gasteiger partial charge on any atom is -0.493 e. The quantitative estimate of drug-likeness (QED) is 0.657. The molecule has 1 aliphatic carbocycles. The van der Waals surface area contributed by atoms with E-state index >= 15 is 0 Å². The predicted molar refractivity (Wildman–Crippen MR) is 112 cm³/mol. The first-order valence-electron chi connectivity index (χ1n) is 9.78. The van der Waals surface area contributed by atoms with E-state index in [0.29, 0.717) is 22.2 Å². The normalized spacial score (nSPS) is 19.7. The Hall–Kier alpha value is -2.28. The lowest BCUT2D eigenvalue weighted by Gasteiger charge is -2.35. The molecule has 0 bridgehead atoms. The van der Waals surface area contributed by atoms with E-state index in [0.717, 1.165) is 31.1 Å². The SMILES string of the molecule is COc1cc2ncnc(Cl)c2cc1O[C@H]1CC[C@@H](N(C)C(=O)OC(C)(C)C)CC1. The zero-order chi connectivity index (χ0) is 21.2. The molecule has 1 amide bonds. The molecule has 0 unspecified atom stereocenters. The van der Waals surface area contributed by atoms with Gasteiger partial charge in [0.2, 0.25) is 0 Å². The molecule has 0 saturated heterocycles. The van der Waals surface area contributed by atoms with Crippen molar-refractivity contribution < 1.29 is 19.0 Å². The topological polar surface area (TPSA) is 73.8 Å². The number of ether oxygens (including phenoxy) is 3. The Balaban J connectivity index is 1.65. The van der Waals surface area contributed by atoms with Gasteiger partial charge in [-0.3, -0.25) is 0 Å². The zero-order valence-electron chi connectivity index (χ0n) is 17.6. The van der Waals surface area contributed by atoms with Gasteiger partial charge in [0.25, 0.3) is 0 Å². The van der Waals surface area contributed by atoms with Gasteiger partial charge in [-0.1, -0.05) is 11.6 Å². The van der Waals surface area contributed by atoms with Gasteiger partial charge in [0.1, 0.15) is 17.1 Å². The Morgan fingerprint density at radius 3 is 2.45 bits per heavy atom. The van der Waals surface area contributed by atoms with Crippen molar-refractivity contribution in [1.82, 2.24) is 14.9 Å². The van der Waals surface area contributed by atoms with E-state index in [1.807, 2.05) is 26.8 Å². The number of carbonyl (C=O) groups excluding carboxylic acids is 1. The molecule has 0 spiro atoms. The first kappa shape index (κ1) is 21.4. The highest BCUT2D eigenvalue weighted by atomic mass is 35.5. The molecule has 1 aliphatic rings. The van der Waals surface area contributed by atoms with Crippen LogP contribution in [0.5, 0.6) is 11.5 Å². The van der Waals surface area contributed by atoms with E-state index in [1.54, 1.807) is 25.1 Å². The number of carbonyl (C=O) groups is 1. The van der Waals surface area contributed by atoms with Gasteiger partial charge in [0, 0.05) is 24.5 Å². The summed E-state index contributed by atoms with van der Waals surface area (Å²) in [6.07, 6.45) is 4.53. The Bertz CT molecular complexity index is 876. The van der Waals surface area contributed by atoms with Crippen molar-refractivity contribution in [2.45, 2.75) is 64.2 Å². The van der Waals surface area contributed by atoms with Crippen molar-refractivity contribution in [3.05, 3.63) is 23.6 Å². The van der Waals surface area contributed by atoms with E-state index in [4.69, 9.17) is 25.8 Å². The maximum absolute atomic E-state index is 12.3. The Labute approximate surface area is 176 Å². The van der Waals surface area contributed by atoms with Crippen LogP contribution in [-0.4, -0.2) is 52.9 Å². The Morgan fingerprint density at radius 1 is 1.14 bits per heavy atom. The second-order valence-corrected chi connectivity index (χ2v) is 8.68. The number of rotatable bonds is 4. The van der Waals surface area contributed by atoms with Gasteiger partial charge in [-0.05, 0) is 52.5 Å². The third kappa shape index (κ3) is 5.21. The zero-order valence-corrected chi connectivity index (χ0v) is 18.3. The second-order valence-electron chi connectivity index (χ2n) is 8.32. The van der Waals surface area contributed by atoms with Crippen molar-refractivity contribution in [2.24, 2.45) is 0 Å². The monoisotopic (exact) mass is 421 g/mol. The lowest BCUT2D eigenvalue weighted by atomic mass is 9.92. The van der Waals surface area contributed by atoms with Crippen LogP contribution in [0.4, 0.5) is 4.79 Å². The molecule has 8 heteroatoms. The lowest BCUT2D eigenvalue weighted by molar-refractivity contribution is 0.0138. The van der Waals surface area contributed by atoms with Crippen LogP contribution >= 0.6 is 11.6 Å². The van der Waals surface area contributed by atoms with Gasteiger partial charge >= 0.3 is 6.09 Å². The average molecular weight is 422 g/mol. The number of fused-ring (bicyclic) bond motifs is 1. The molecule has 0 radical (unpaired) electrons. The molecule has 158 valence electrons. The Kier molecular flexibility index (Phi) is 6.36. The number of hydrogen-bond donors (Lipinski definition) is 0. The van der Waals surface area contributed by atoms with E-state index < -0.39 is 5.60 Å². The fraction of sp³-hybridized carbons (Fsp3) is 0.571. The molecule has 1 aromatic carbocycles. The molecular formula is C21H28ClN3O4. The molecule has 7 nitrogen and oxygen atoms in total. The van der Waals surface area contributed by atoms with Gasteiger partial charge in [-0.15, -0.1) is 0 Å². The van der Waals surface area contributed by atoms with Gasteiger partial charge in [0.15, 0.2) is 11.5 Å². The highest BCUT2D eigenvalue weighted by Gasteiger charge is 2.30. The number of halogens is 1. The molecular weight excluding hydrogens is 394 g/mol. The molecule has 1 aromatic heterocycles. The van der Waals surface area contributed by atoms with Gasteiger partial charge in [0.05, 0.1) is 18.7 Å². The molecule has 1 saturated carbocycles. The number of nitrogens with zero attached hydrogens (tertiary/aromatic N) is 3. The van der Waals surface area contributed by atoms with Gasteiger partial charge < -0.3 is 19.1 Å². The number of aromatic nitrogens is 2. The highest BCUT2D eigenvalue weighted by Crippen LogP contribution is 2.36. The predicted octanol–water partition coefficient (Wildman–Crippen LogP) is 4.85. The lowest BCUT2D eigenvalue weighted by Crippen LogP contribution is -2.43. The number of methoxy groups -OCH3 is 1. The van der Waals surface area contributed by atoms with E-state index in [2.05, 4.69) is 9.97 Å². The fourth-order valence-corrected chi connectivity index (χ4v) is 3.69. The molecule has 1 fully saturated rings. The smallest absolute Gasteiger partial charge is 0.410 e. The standard InChI is InChI=1S/C21H28ClN3O4/c1-21(2,3)29-20(26)25(4)13-6-8-14(9-7-13)28-18-10-15-16(11-17(18)27-5)23-12-24-19(15)22/h10-14H,6-9H2,1-5H3/t13-,14+. The molecule has 0 atom stereocenters. The first-order valence-corrected chi connectivity index (χ1v) is 10.2. The van der Waals surface area contributed by atoms with Crippen molar-refractivity contribution in [3.63, 3.8) is 0 Å². The van der Waals surface area contributed by atoms with E-state index in [1.165, 1.54) is 6.33 Å². The van der Waals surface area contributed by atoms with Crippen LogP contribution < -0.4 is 9.47 Å². The van der Waals surface area contributed by atoms with Crippen LogP contribution in [-0.2, 0) is 4.74 Å². The maximum Gasteiger partial charge on any atom is 0.410 e. The van der Waals surface area contributed by atoms with Crippen molar-refractivity contribution in [3.8, 4) is 11.5 Å². The summed E-state index contributed by atoms with van der Waals surface area (Å²) in [5.74, 6) is 1.24. The summed E-state index contributed by atoms with van der Waals surface area (Å²) in [6.45, 7) is 5.62. The summed E-state index contributed by atoms with van der Waals surface area (Å²) in [4.78, 5) is 22.3. The average Bonchev–Trinajstić information content (AvgIpc) is 2.67. The summed E-state index contributed by atoms with van der Waals surface area (Å²) in [5, 5.41) is 1.11. The van der Waals surface area contributed by atoms with Crippen LogP contribution in [0.15, 0.2) is 18.5 Å². The number of benzene rings is 1. The third-order valence-electron chi connectivity index (χ3n) is 5.04. The van der Waals surface area contributed by atoms with Gasteiger partial charge in [-0.2, -0.15) is 0 Å². The largest absolute Gasteiger partial charge is 0.493 e. The summed E-state index contributed by atoms with van der Waals surface area (Å²) in [5.41, 5.74) is 0.209. The molecule has 0 aliphatic heterocycles. The van der Waals surface area contributed by atoms with Crippen molar-refractivity contribution in [1.29, 1.82) is 0 Å². The summed E-state index contributed by atoms with van der Waals surface area (Å²) < 4.78 is 17.2. The minimum atomic E-state index is -0.497. The number of hydrogen-bond acceptors (Lipinski definition) is 6. The summed E-state index contributed by atoms with van der Waals surface area (Å²) in [7, 11) is 3.40. The third-order valence-corrected chi connectivity index (χ3v) is 5.34. The van der Waals surface area contributed by atoms with Crippen LogP contribution in [0.1, 0.15) is 46.5 Å². The summed E-state index contributed by atoms with van der Waals surface area (Å²) >= 11 is 6.20. The summed E-state index contributed by atoms with van der Waals surface area (Å²) in [6, 6.07) is 3.78. The highest BCUT2D eigenvalue weighted by molar-refractivity contribution is 6.34. The molecule has 2 aromatic rings. The Morgan fingerprint density at radius 2 is 1.83 bits per heavy atom. The van der Waals surface area contributed by atoms with Crippen LogP contribution in [0, 0.1) is 0 Å². The second kappa shape index (κ2) is 8.61. The van der Waals surface area contributed by atoms with Crippen molar-refractivity contribution >= 4 is 28.6 Å². The molecule has 3 rings (SSSR count). The van der Waals surface area contributed by atoms with E-state index in [-0.39, 0.29) is 18.2 Å². The van der Waals surface area contributed by atoms with Crippen LogP contribution in [0.3, 0.4) is 0 Å². The first-order chi connectivity index (χ1) is 13.7. The molecule has 0 N–H and O–H groups in total. The number of amides is 1. The van der Waals surface area contributed by atoms with Crippen LogP contribution in [0.25, 0.3) is 10.9 Å². The minimum absolute atomic E-state index is 0.0352. The molecule has 29 heavy (non-hydrogen) atoms. The van der Waals surface area contributed by atoms with Crippen LogP contribution in [0.2, 0.25) is 5.15 Å². The van der Waals surface area contributed by atoms with Crippen molar-refractivity contribution in [2.75, 3.05) is 14.2 Å². The van der Waals surface area contributed by atoms with E-state index in [9.17, 15) is 4.79 Å². The maximum atomic E-state index is 12.3. The molecule has 1 heterocycles. The fourth-order valence-electron chi connectivity index (χ4n) is 3.50.